The Balaban J connectivity index is 2.27. The molecule has 0 spiro atoms. The highest BCUT2D eigenvalue weighted by Crippen LogP contribution is 2.45. The van der Waals surface area contributed by atoms with Crippen LogP contribution in [0.25, 0.3) is 33.4 Å². The molecule has 0 saturated heterocycles. The first kappa shape index (κ1) is 14.9. The molecular formula is C19H12O6. The van der Waals surface area contributed by atoms with Gasteiger partial charge in [0.2, 0.25) is 5.43 Å². The molecule has 6 nitrogen and oxygen atoms in total. The minimum Gasteiger partial charge on any atom is -0.507 e. The number of rotatable bonds is 1. The molecule has 0 atom stereocenters. The van der Waals surface area contributed by atoms with Crippen LogP contribution in [0.2, 0.25) is 0 Å². The van der Waals surface area contributed by atoms with E-state index in [2.05, 4.69) is 0 Å². The molecule has 4 N–H and O–H groups in total. The maximum absolute atomic E-state index is 11.8. The highest BCUT2D eigenvalue weighted by Gasteiger charge is 2.22. The van der Waals surface area contributed by atoms with Crippen molar-refractivity contribution in [1.82, 2.24) is 0 Å². The summed E-state index contributed by atoms with van der Waals surface area (Å²) in [5, 5.41) is 40.1. The number of para-hydroxylation sites is 1. The van der Waals surface area contributed by atoms with Crippen molar-refractivity contribution in [2.24, 2.45) is 0 Å². The minimum atomic E-state index is -0.609. The van der Waals surface area contributed by atoms with Gasteiger partial charge in [0.05, 0.1) is 0 Å². The van der Waals surface area contributed by atoms with Gasteiger partial charge in [0.25, 0.3) is 0 Å². The van der Waals surface area contributed by atoms with Gasteiger partial charge in [-0.05, 0) is 18.2 Å². The fraction of sp³-hybridized carbons (Fsp3) is 0. The topological polar surface area (TPSA) is 111 Å². The fourth-order valence-corrected chi connectivity index (χ4v) is 2.91. The average molecular weight is 336 g/mol. The summed E-state index contributed by atoms with van der Waals surface area (Å²) < 4.78 is 5.66. The van der Waals surface area contributed by atoms with Crippen molar-refractivity contribution in [3.63, 3.8) is 0 Å². The van der Waals surface area contributed by atoms with Gasteiger partial charge >= 0.3 is 0 Å². The second-order valence-corrected chi connectivity index (χ2v) is 5.65. The molecule has 0 radical (unpaired) electrons. The second-order valence-electron chi connectivity index (χ2n) is 5.65. The smallest absolute Gasteiger partial charge is 0.223 e. The Morgan fingerprint density at radius 1 is 0.720 bits per heavy atom. The Kier molecular flexibility index (Phi) is 3.08. The number of phenols is 4. The number of hydrogen-bond acceptors (Lipinski definition) is 6. The highest BCUT2D eigenvalue weighted by molar-refractivity contribution is 6.04. The minimum absolute atomic E-state index is 0.0189. The molecule has 1 aliphatic heterocycles. The lowest BCUT2D eigenvalue weighted by atomic mass is 9.93. The zero-order valence-electron chi connectivity index (χ0n) is 12.7. The van der Waals surface area contributed by atoms with Crippen LogP contribution >= 0.6 is 0 Å². The molecule has 0 saturated carbocycles. The normalized spacial score (nSPS) is 11.2. The standard InChI is InChI=1S/C19H12O6/c20-12-4-2-1-3-9(12)19-10-5-13(21)15(23)7-17(10)25-18-8-16(24)14(22)6-11(18)19/h1-8,20-23H. The number of benzene rings is 3. The Labute approximate surface area is 140 Å². The molecule has 6 heteroatoms. The quantitative estimate of drug-likeness (QED) is 0.313. The van der Waals surface area contributed by atoms with E-state index in [0.717, 1.165) is 6.07 Å². The van der Waals surface area contributed by atoms with Crippen molar-refractivity contribution in [2.75, 3.05) is 0 Å². The number of fused-ring (bicyclic) bond motifs is 2. The molecule has 1 heterocycles. The molecule has 4 rings (SSSR count). The summed E-state index contributed by atoms with van der Waals surface area (Å²) in [5.41, 5.74) is 0.876. The third kappa shape index (κ3) is 2.23. The summed E-state index contributed by atoms with van der Waals surface area (Å²) in [4.78, 5) is 11.8. The molecule has 0 amide bonds. The maximum Gasteiger partial charge on any atom is 0.223 e. The monoisotopic (exact) mass is 336 g/mol. The predicted molar refractivity (Wildman–Crippen MR) is 91.2 cm³/mol. The van der Waals surface area contributed by atoms with Crippen LogP contribution in [-0.2, 0) is 0 Å². The van der Waals surface area contributed by atoms with E-state index < -0.39 is 11.2 Å². The first-order valence-corrected chi connectivity index (χ1v) is 7.39. The molecule has 0 unspecified atom stereocenters. The van der Waals surface area contributed by atoms with Gasteiger partial charge in [-0.2, -0.15) is 0 Å². The van der Waals surface area contributed by atoms with E-state index in [-0.39, 0.29) is 28.6 Å². The summed E-state index contributed by atoms with van der Waals surface area (Å²) >= 11 is 0. The summed E-state index contributed by atoms with van der Waals surface area (Å²) in [7, 11) is 0. The lowest BCUT2D eigenvalue weighted by molar-refractivity contribution is 0.404. The number of aromatic hydroxyl groups is 4. The lowest BCUT2D eigenvalue weighted by Gasteiger charge is -2.16. The molecule has 25 heavy (non-hydrogen) atoms. The van der Waals surface area contributed by atoms with Gasteiger partial charge in [-0.15, -0.1) is 0 Å². The molecule has 2 aromatic rings. The van der Waals surface area contributed by atoms with Gasteiger partial charge in [-0.3, -0.25) is 4.79 Å². The SMILES string of the molecule is O=c1cc2oc3cc(O)c(O)cc3c(-c3ccccc3O)c-2cc1O. The van der Waals surface area contributed by atoms with Crippen LogP contribution in [0.5, 0.6) is 23.0 Å². The third-order valence-corrected chi connectivity index (χ3v) is 4.07. The van der Waals surface area contributed by atoms with Gasteiger partial charge in [0, 0.05) is 34.2 Å². The van der Waals surface area contributed by atoms with Crippen LogP contribution in [0.3, 0.4) is 0 Å². The summed E-state index contributed by atoms with van der Waals surface area (Å²) in [6.07, 6.45) is 0. The Morgan fingerprint density at radius 2 is 1.44 bits per heavy atom. The van der Waals surface area contributed by atoms with E-state index >= 15 is 0 Å². The molecule has 0 aromatic heterocycles. The number of hydrogen-bond donors (Lipinski definition) is 4. The van der Waals surface area contributed by atoms with Crippen LogP contribution in [0.15, 0.2) is 57.7 Å². The molecule has 1 aliphatic carbocycles. The van der Waals surface area contributed by atoms with Crippen LogP contribution in [0, 0.1) is 0 Å². The summed E-state index contributed by atoms with van der Waals surface area (Å²) in [6, 6.07) is 11.5. The Hall–Kier alpha value is -3.67. The van der Waals surface area contributed by atoms with Gasteiger partial charge < -0.3 is 24.8 Å². The van der Waals surface area contributed by atoms with E-state index in [1.807, 2.05) is 0 Å². The van der Waals surface area contributed by atoms with E-state index in [1.54, 1.807) is 18.2 Å². The largest absolute Gasteiger partial charge is 0.507 e. The second kappa shape index (κ2) is 5.17. The van der Waals surface area contributed by atoms with Crippen molar-refractivity contribution < 1.29 is 24.8 Å². The summed E-state index contributed by atoms with van der Waals surface area (Å²) in [6.45, 7) is 0. The third-order valence-electron chi connectivity index (χ3n) is 4.07. The zero-order chi connectivity index (χ0) is 17.7. The van der Waals surface area contributed by atoms with E-state index in [4.69, 9.17) is 4.42 Å². The number of phenolic OH excluding ortho intramolecular Hbond substituents is 4. The predicted octanol–water partition coefficient (Wildman–Crippen LogP) is 3.39. The molecule has 0 bridgehead atoms. The fourth-order valence-electron chi connectivity index (χ4n) is 2.91. The van der Waals surface area contributed by atoms with E-state index in [9.17, 15) is 25.2 Å². The van der Waals surface area contributed by atoms with Crippen molar-refractivity contribution >= 4 is 11.0 Å². The lowest BCUT2D eigenvalue weighted by Crippen LogP contribution is -2.01. The van der Waals surface area contributed by atoms with Crippen molar-refractivity contribution in [1.29, 1.82) is 0 Å². The molecular weight excluding hydrogens is 324 g/mol. The molecule has 124 valence electrons. The van der Waals surface area contributed by atoms with Crippen LogP contribution in [-0.4, -0.2) is 20.4 Å². The van der Waals surface area contributed by atoms with Gasteiger partial charge in [0.15, 0.2) is 17.2 Å². The van der Waals surface area contributed by atoms with Crippen LogP contribution < -0.4 is 5.43 Å². The first-order valence-electron chi connectivity index (χ1n) is 7.39. The summed E-state index contributed by atoms with van der Waals surface area (Å²) in [5.74, 6) is -1.03. The van der Waals surface area contributed by atoms with Crippen LogP contribution in [0.4, 0.5) is 0 Å². The highest BCUT2D eigenvalue weighted by atomic mass is 16.3. The molecule has 2 aliphatic rings. The average Bonchev–Trinajstić information content (AvgIpc) is 2.57. The molecule has 2 aromatic carbocycles. The zero-order valence-corrected chi connectivity index (χ0v) is 12.7. The first-order chi connectivity index (χ1) is 12.0. The molecule has 0 fully saturated rings. The van der Waals surface area contributed by atoms with Gasteiger partial charge in [-0.25, -0.2) is 0 Å². The van der Waals surface area contributed by atoms with Gasteiger partial charge in [-0.1, -0.05) is 18.2 Å². The van der Waals surface area contributed by atoms with Crippen LogP contribution in [0.1, 0.15) is 0 Å². The van der Waals surface area contributed by atoms with Crippen molar-refractivity contribution in [2.45, 2.75) is 0 Å². The Morgan fingerprint density at radius 3 is 2.20 bits per heavy atom. The van der Waals surface area contributed by atoms with Crippen molar-refractivity contribution in [3.8, 4) is 45.4 Å². The van der Waals surface area contributed by atoms with E-state index in [1.165, 1.54) is 24.3 Å². The van der Waals surface area contributed by atoms with E-state index in [0.29, 0.717) is 22.1 Å². The Bertz CT molecular complexity index is 1160. The van der Waals surface area contributed by atoms with Crippen molar-refractivity contribution in [3.05, 3.63) is 58.8 Å². The maximum atomic E-state index is 11.8. The van der Waals surface area contributed by atoms with Gasteiger partial charge in [0.1, 0.15) is 17.1 Å².